The van der Waals surface area contributed by atoms with Gasteiger partial charge in [-0.15, -0.1) is 0 Å². The van der Waals surface area contributed by atoms with Crippen LogP contribution in [0.5, 0.6) is 0 Å². The predicted molar refractivity (Wildman–Crippen MR) is 71.4 cm³/mol. The molecular weight excluding hydrogens is 210 g/mol. The number of anilines is 1. The maximum atomic E-state index is 4.69. The Balaban J connectivity index is 1.74. The summed E-state index contributed by atoms with van der Waals surface area (Å²) in [5.74, 6) is 0.956. The largest absolute Gasteiger partial charge is 0.353 e. The van der Waals surface area contributed by atoms with E-state index >= 15 is 0 Å². The second-order valence-electron chi connectivity index (χ2n) is 4.96. The molecule has 17 heavy (non-hydrogen) atoms. The van der Waals surface area contributed by atoms with Gasteiger partial charge in [0, 0.05) is 11.7 Å². The fraction of sp³-hybridized carbons (Fsp3) is 0.500. The van der Waals surface area contributed by atoms with Crippen LogP contribution in [-0.4, -0.2) is 18.0 Å². The van der Waals surface area contributed by atoms with Gasteiger partial charge in [0.25, 0.3) is 0 Å². The average molecular weight is 229 g/mol. The van der Waals surface area contributed by atoms with Crippen LogP contribution in [0, 0.1) is 0 Å². The lowest BCUT2D eigenvalue weighted by Gasteiger charge is -2.22. The molecule has 2 atom stereocenters. The Labute approximate surface area is 102 Å². The van der Waals surface area contributed by atoms with Crippen molar-refractivity contribution in [3.63, 3.8) is 0 Å². The molecule has 1 heterocycles. The minimum Gasteiger partial charge on any atom is -0.353 e. The number of nitrogens with one attached hydrogen (secondary N) is 2. The lowest BCUT2D eigenvalue weighted by Crippen LogP contribution is -2.41. The highest BCUT2D eigenvalue weighted by Gasteiger charge is 2.29. The topological polar surface area (TPSA) is 36.4 Å². The van der Waals surface area contributed by atoms with Gasteiger partial charge >= 0.3 is 0 Å². The first-order chi connectivity index (χ1) is 8.33. The molecule has 0 aromatic heterocycles. The Morgan fingerprint density at radius 2 is 2.35 bits per heavy atom. The number of benzene rings is 1. The standard InChI is InChI=1S/C14H19N3/c1-2-10-4-3-5-11(8-10)15-14-16-12-6-7-13(9-12)17-14/h3-5,8,12-13H,2,6-7,9H2,1H3,(H2,15,16,17). The lowest BCUT2D eigenvalue weighted by atomic mass is 10.1. The molecule has 1 aliphatic carbocycles. The number of aliphatic imine (C=N–C) groups is 1. The van der Waals surface area contributed by atoms with Crippen LogP contribution in [0.2, 0.25) is 0 Å². The van der Waals surface area contributed by atoms with E-state index in [2.05, 4.69) is 46.8 Å². The van der Waals surface area contributed by atoms with Gasteiger partial charge in [-0.3, -0.25) is 0 Å². The van der Waals surface area contributed by atoms with E-state index in [0.29, 0.717) is 12.1 Å². The summed E-state index contributed by atoms with van der Waals surface area (Å²) in [7, 11) is 0. The second-order valence-corrected chi connectivity index (χ2v) is 4.96. The monoisotopic (exact) mass is 229 g/mol. The molecule has 3 nitrogen and oxygen atoms in total. The summed E-state index contributed by atoms with van der Waals surface area (Å²) in [6.45, 7) is 2.18. The summed E-state index contributed by atoms with van der Waals surface area (Å²) in [5.41, 5.74) is 2.49. The van der Waals surface area contributed by atoms with E-state index in [0.717, 1.165) is 18.1 Å². The second kappa shape index (κ2) is 4.40. The fourth-order valence-corrected chi connectivity index (χ4v) is 2.69. The molecule has 3 heteroatoms. The van der Waals surface area contributed by atoms with E-state index in [1.165, 1.54) is 24.8 Å². The molecule has 1 aliphatic heterocycles. The van der Waals surface area contributed by atoms with Crippen LogP contribution in [0.4, 0.5) is 5.69 Å². The number of aryl methyl sites for hydroxylation is 1. The Morgan fingerprint density at radius 1 is 1.41 bits per heavy atom. The molecule has 1 fully saturated rings. The van der Waals surface area contributed by atoms with Crippen LogP contribution in [0.3, 0.4) is 0 Å². The Morgan fingerprint density at radius 3 is 3.18 bits per heavy atom. The van der Waals surface area contributed by atoms with E-state index in [1.54, 1.807) is 0 Å². The Hall–Kier alpha value is -1.51. The van der Waals surface area contributed by atoms with Gasteiger partial charge in [-0.25, -0.2) is 4.99 Å². The highest BCUT2D eigenvalue weighted by Crippen LogP contribution is 2.25. The number of hydrogen-bond acceptors (Lipinski definition) is 3. The van der Waals surface area contributed by atoms with Crippen LogP contribution in [0.15, 0.2) is 29.3 Å². The zero-order valence-corrected chi connectivity index (χ0v) is 10.2. The molecule has 2 aliphatic rings. The molecule has 0 saturated heterocycles. The van der Waals surface area contributed by atoms with E-state index in [-0.39, 0.29) is 0 Å². The molecule has 0 amide bonds. The van der Waals surface area contributed by atoms with Crippen molar-refractivity contribution in [2.75, 3.05) is 5.32 Å². The maximum absolute atomic E-state index is 4.69. The van der Waals surface area contributed by atoms with Crippen molar-refractivity contribution in [1.82, 2.24) is 5.32 Å². The van der Waals surface area contributed by atoms with Gasteiger partial charge in [0.05, 0.1) is 6.04 Å². The summed E-state index contributed by atoms with van der Waals surface area (Å²) in [6.07, 6.45) is 4.77. The molecule has 1 saturated carbocycles. The molecule has 2 unspecified atom stereocenters. The summed E-state index contributed by atoms with van der Waals surface area (Å²) in [6, 6.07) is 9.72. The van der Waals surface area contributed by atoms with Crippen LogP contribution in [0.1, 0.15) is 31.7 Å². The van der Waals surface area contributed by atoms with Crippen molar-refractivity contribution < 1.29 is 0 Å². The number of hydrogen-bond donors (Lipinski definition) is 2. The molecule has 2 bridgehead atoms. The van der Waals surface area contributed by atoms with Crippen LogP contribution >= 0.6 is 0 Å². The Bertz CT molecular complexity index is 439. The number of guanidine groups is 1. The van der Waals surface area contributed by atoms with Gasteiger partial charge < -0.3 is 10.6 Å². The van der Waals surface area contributed by atoms with Crippen molar-refractivity contribution in [1.29, 1.82) is 0 Å². The van der Waals surface area contributed by atoms with Crippen molar-refractivity contribution in [2.45, 2.75) is 44.7 Å². The van der Waals surface area contributed by atoms with E-state index in [9.17, 15) is 0 Å². The molecular formula is C14H19N3. The van der Waals surface area contributed by atoms with E-state index < -0.39 is 0 Å². The third-order valence-corrected chi connectivity index (χ3v) is 3.66. The van der Waals surface area contributed by atoms with Crippen molar-refractivity contribution in [2.24, 2.45) is 4.99 Å². The van der Waals surface area contributed by atoms with E-state index in [4.69, 9.17) is 0 Å². The van der Waals surface area contributed by atoms with Gasteiger partial charge in [0.1, 0.15) is 0 Å². The van der Waals surface area contributed by atoms with Crippen molar-refractivity contribution >= 4 is 11.6 Å². The number of rotatable bonds is 2. The summed E-state index contributed by atoms with van der Waals surface area (Å²) in [5, 5.41) is 6.86. The molecule has 3 rings (SSSR count). The molecule has 0 spiro atoms. The number of nitrogens with zero attached hydrogens (tertiary/aromatic N) is 1. The first kappa shape index (κ1) is 10.6. The fourth-order valence-electron chi connectivity index (χ4n) is 2.69. The first-order valence-electron chi connectivity index (χ1n) is 6.54. The molecule has 2 N–H and O–H groups in total. The van der Waals surface area contributed by atoms with Crippen LogP contribution < -0.4 is 10.6 Å². The molecule has 1 aromatic carbocycles. The summed E-state index contributed by atoms with van der Waals surface area (Å²) in [4.78, 5) is 4.69. The maximum Gasteiger partial charge on any atom is 0.196 e. The third kappa shape index (κ3) is 2.28. The molecule has 1 aromatic rings. The van der Waals surface area contributed by atoms with E-state index in [1.807, 2.05) is 0 Å². The summed E-state index contributed by atoms with van der Waals surface area (Å²) < 4.78 is 0. The van der Waals surface area contributed by atoms with Crippen LogP contribution in [-0.2, 0) is 6.42 Å². The minimum absolute atomic E-state index is 0.540. The SMILES string of the molecule is CCc1cccc(NC2=NC3CCC(C3)N2)c1. The highest BCUT2D eigenvalue weighted by atomic mass is 15.2. The van der Waals surface area contributed by atoms with Gasteiger partial charge in [0.2, 0.25) is 0 Å². The predicted octanol–water partition coefficient (Wildman–Crippen LogP) is 2.54. The minimum atomic E-state index is 0.540. The highest BCUT2D eigenvalue weighted by molar-refractivity contribution is 5.94. The molecule has 0 radical (unpaired) electrons. The Kier molecular flexibility index (Phi) is 2.75. The van der Waals surface area contributed by atoms with Gasteiger partial charge in [0.15, 0.2) is 5.96 Å². The van der Waals surface area contributed by atoms with Crippen molar-refractivity contribution in [3.8, 4) is 0 Å². The number of fused-ring (bicyclic) bond motifs is 2. The van der Waals surface area contributed by atoms with Gasteiger partial charge in [-0.2, -0.15) is 0 Å². The molecule has 90 valence electrons. The zero-order chi connectivity index (χ0) is 11.7. The summed E-state index contributed by atoms with van der Waals surface area (Å²) >= 11 is 0. The smallest absolute Gasteiger partial charge is 0.196 e. The van der Waals surface area contributed by atoms with Crippen LogP contribution in [0.25, 0.3) is 0 Å². The van der Waals surface area contributed by atoms with Gasteiger partial charge in [-0.05, 0) is 43.4 Å². The lowest BCUT2D eigenvalue weighted by molar-refractivity contribution is 0.582. The normalized spacial score (nSPS) is 26.3. The quantitative estimate of drug-likeness (QED) is 0.817. The van der Waals surface area contributed by atoms with Crippen molar-refractivity contribution in [3.05, 3.63) is 29.8 Å². The third-order valence-electron chi connectivity index (χ3n) is 3.66. The average Bonchev–Trinajstić information content (AvgIpc) is 2.69. The van der Waals surface area contributed by atoms with Gasteiger partial charge in [-0.1, -0.05) is 19.1 Å². The first-order valence-corrected chi connectivity index (χ1v) is 6.54. The zero-order valence-electron chi connectivity index (χ0n) is 10.2.